The zero-order valence-electron chi connectivity index (χ0n) is 10.3. The lowest BCUT2D eigenvalue weighted by Gasteiger charge is -2.06. The number of amides is 1. The summed E-state index contributed by atoms with van der Waals surface area (Å²) < 4.78 is 0.594. The fourth-order valence-corrected chi connectivity index (χ4v) is 2.47. The number of anilines is 1. The molecule has 1 aromatic carbocycles. The summed E-state index contributed by atoms with van der Waals surface area (Å²) in [5.74, 6) is 0.242. The van der Waals surface area contributed by atoms with Crippen LogP contribution in [0.3, 0.4) is 0 Å². The molecular weight excluding hydrogens is 246 g/mol. The van der Waals surface area contributed by atoms with E-state index >= 15 is 0 Å². The van der Waals surface area contributed by atoms with Crippen LogP contribution in [0.4, 0.5) is 5.69 Å². The van der Waals surface area contributed by atoms with Gasteiger partial charge >= 0.3 is 0 Å². The summed E-state index contributed by atoms with van der Waals surface area (Å²) in [6, 6.07) is 5.69. The number of aromatic amines is 2. The van der Waals surface area contributed by atoms with E-state index in [0.29, 0.717) is 4.77 Å². The zero-order valence-corrected chi connectivity index (χ0v) is 11.1. The number of carbonyl (C=O) groups is 1. The topological polar surface area (TPSA) is 60.7 Å². The van der Waals surface area contributed by atoms with Gasteiger partial charge < -0.3 is 15.3 Å². The Bertz CT molecular complexity index is 683. The first kappa shape index (κ1) is 11.5. The monoisotopic (exact) mass is 261 g/mol. The quantitative estimate of drug-likeness (QED) is 0.727. The Morgan fingerprint density at radius 2 is 2.06 bits per heavy atom. The van der Waals surface area contributed by atoms with Crippen molar-refractivity contribution in [3.8, 4) is 0 Å². The molecule has 1 aliphatic rings. The molecule has 0 bridgehead atoms. The molecule has 0 aliphatic heterocycles. The molecule has 0 radical (unpaired) electrons. The van der Waals surface area contributed by atoms with Gasteiger partial charge in [0.05, 0.1) is 11.0 Å². The van der Waals surface area contributed by atoms with E-state index < -0.39 is 0 Å². The standard InChI is InChI=1S/C13H15N3OS/c1-13(2)6-8(13)11(17)14-7-3-4-9-10(5-7)16-12(18)15-9/h3-5,8H,6H2,1-2H3,(H,14,17)(H2,15,16,18). The van der Waals surface area contributed by atoms with Crippen molar-refractivity contribution in [2.24, 2.45) is 11.3 Å². The van der Waals surface area contributed by atoms with Gasteiger partial charge in [-0.2, -0.15) is 0 Å². The molecule has 1 saturated carbocycles. The van der Waals surface area contributed by atoms with Gasteiger partial charge in [0.25, 0.3) is 0 Å². The molecule has 2 aromatic rings. The van der Waals surface area contributed by atoms with E-state index in [1.165, 1.54) is 0 Å². The molecule has 3 rings (SSSR count). The Morgan fingerprint density at radius 3 is 2.72 bits per heavy atom. The second-order valence-electron chi connectivity index (χ2n) is 5.57. The highest BCUT2D eigenvalue weighted by molar-refractivity contribution is 7.71. The molecule has 0 saturated heterocycles. The average Bonchev–Trinajstić information content (AvgIpc) is 2.77. The first-order valence-corrected chi connectivity index (χ1v) is 6.39. The van der Waals surface area contributed by atoms with Crippen molar-refractivity contribution in [2.45, 2.75) is 20.3 Å². The van der Waals surface area contributed by atoms with Gasteiger partial charge in [-0.15, -0.1) is 0 Å². The number of carbonyl (C=O) groups excluding carboxylic acids is 1. The summed E-state index contributed by atoms with van der Waals surface area (Å²) in [5.41, 5.74) is 2.82. The largest absolute Gasteiger partial charge is 0.331 e. The van der Waals surface area contributed by atoms with Crippen molar-refractivity contribution in [3.63, 3.8) is 0 Å². The van der Waals surface area contributed by atoms with Crippen LogP contribution in [0, 0.1) is 16.1 Å². The van der Waals surface area contributed by atoms with E-state index in [0.717, 1.165) is 23.1 Å². The zero-order chi connectivity index (χ0) is 12.9. The van der Waals surface area contributed by atoms with E-state index in [1.807, 2.05) is 18.2 Å². The molecule has 1 heterocycles. The van der Waals surface area contributed by atoms with Crippen LogP contribution < -0.4 is 5.32 Å². The Morgan fingerprint density at radius 1 is 1.39 bits per heavy atom. The van der Waals surface area contributed by atoms with Gasteiger partial charge in [0, 0.05) is 11.6 Å². The van der Waals surface area contributed by atoms with Crippen LogP contribution in [0.2, 0.25) is 0 Å². The van der Waals surface area contributed by atoms with Gasteiger partial charge in [-0.05, 0) is 42.3 Å². The minimum absolute atomic E-state index is 0.105. The van der Waals surface area contributed by atoms with E-state index in [4.69, 9.17) is 12.2 Å². The molecule has 5 heteroatoms. The molecule has 1 aliphatic carbocycles. The van der Waals surface area contributed by atoms with E-state index in [2.05, 4.69) is 29.1 Å². The Balaban J connectivity index is 1.82. The number of nitrogens with one attached hydrogen (secondary N) is 3. The average molecular weight is 261 g/mol. The normalized spacial score (nSPS) is 20.9. The third kappa shape index (κ3) is 1.95. The maximum absolute atomic E-state index is 12.0. The number of aromatic nitrogens is 2. The maximum atomic E-state index is 12.0. The van der Waals surface area contributed by atoms with Crippen LogP contribution in [0.25, 0.3) is 11.0 Å². The maximum Gasteiger partial charge on any atom is 0.228 e. The number of hydrogen-bond donors (Lipinski definition) is 3. The number of hydrogen-bond acceptors (Lipinski definition) is 2. The lowest BCUT2D eigenvalue weighted by atomic mass is 10.1. The van der Waals surface area contributed by atoms with Crippen molar-refractivity contribution in [1.82, 2.24) is 9.97 Å². The van der Waals surface area contributed by atoms with Gasteiger partial charge in [0.2, 0.25) is 5.91 Å². The van der Waals surface area contributed by atoms with Crippen LogP contribution in [0.5, 0.6) is 0 Å². The summed E-state index contributed by atoms with van der Waals surface area (Å²) in [6.45, 7) is 4.23. The lowest BCUT2D eigenvalue weighted by molar-refractivity contribution is -0.117. The molecule has 0 spiro atoms. The predicted molar refractivity (Wildman–Crippen MR) is 74.0 cm³/mol. The van der Waals surface area contributed by atoms with Gasteiger partial charge in [-0.3, -0.25) is 4.79 Å². The summed E-state index contributed by atoms with van der Waals surface area (Å²) in [6.07, 6.45) is 0.966. The molecule has 1 amide bonds. The fraction of sp³-hybridized carbons (Fsp3) is 0.385. The van der Waals surface area contributed by atoms with Gasteiger partial charge in [-0.1, -0.05) is 13.8 Å². The highest BCUT2D eigenvalue weighted by Crippen LogP contribution is 2.51. The highest BCUT2D eigenvalue weighted by Gasteiger charge is 2.50. The molecule has 94 valence electrons. The molecule has 1 atom stereocenters. The second-order valence-corrected chi connectivity index (χ2v) is 5.98. The van der Waals surface area contributed by atoms with Gasteiger partial charge in [0.15, 0.2) is 4.77 Å². The first-order valence-electron chi connectivity index (χ1n) is 5.99. The number of imidazole rings is 1. The smallest absolute Gasteiger partial charge is 0.228 e. The number of fused-ring (bicyclic) bond motifs is 1. The lowest BCUT2D eigenvalue weighted by Crippen LogP contribution is -2.16. The van der Waals surface area contributed by atoms with Crippen molar-refractivity contribution in [2.75, 3.05) is 5.32 Å². The summed E-state index contributed by atoms with van der Waals surface area (Å²) in [7, 11) is 0. The summed E-state index contributed by atoms with van der Waals surface area (Å²) in [4.78, 5) is 18.1. The van der Waals surface area contributed by atoms with Gasteiger partial charge in [-0.25, -0.2) is 0 Å². The SMILES string of the molecule is CC1(C)CC1C(=O)Nc1ccc2[nH]c(=S)[nH]c2c1. The number of benzene rings is 1. The third-order valence-corrected chi connectivity index (χ3v) is 3.82. The number of H-pyrrole nitrogens is 2. The Hall–Kier alpha value is -1.62. The Labute approximate surface area is 110 Å². The van der Waals surface area contributed by atoms with Crippen LogP contribution >= 0.6 is 12.2 Å². The fourth-order valence-electron chi connectivity index (χ4n) is 2.25. The minimum Gasteiger partial charge on any atom is -0.331 e. The summed E-state index contributed by atoms with van der Waals surface area (Å²) in [5, 5.41) is 2.95. The molecule has 4 nitrogen and oxygen atoms in total. The predicted octanol–water partition coefficient (Wildman–Crippen LogP) is 3.21. The van der Waals surface area contributed by atoms with Gasteiger partial charge in [0.1, 0.15) is 0 Å². The van der Waals surface area contributed by atoms with E-state index in [-0.39, 0.29) is 17.2 Å². The first-order chi connectivity index (χ1) is 8.45. The minimum atomic E-state index is 0.105. The van der Waals surface area contributed by atoms with Crippen LogP contribution in [0.15, 0.2) is 18.2 Å². The third-order valence-electron chi connectivity index (χ3n) is 3.61. The van der Waals surface area contributed by atoms with E-state index in [9.17, 15) is 4.79 Å². The van der Waals surface area contributed by atoms with Crippen molar-refractivity contribution < 1.29 is 4.79 Å². The molecule has 1 fully saturated rings. The number of rotatable bonds is 2. The Kier molecular flexibility index (Phi) is 2.35. The molecule has 3 N–H and O–H groups in total. The van der Waals surface area contributed by atoms with E-state index in [1.54, 1.807) is 0 Å². The second kappa shape index (κ2) is 3.68. The molecular formula is C13H15N3OS. The van der Waals surface area contributed by atoms with Crippen LogP contribution in [0.1, 0.15) is 20.3 Å². The molecule has 18 heavy (non-hydrogen) atoms. The van der Waals surface area contributed by atoms with Crippen LogP contribution in [-0.2, 0) is 4.79 Å². The van der Waals surface area contributed by atoms with Crippen molar-refractivity contribution in [3.05, 3.63) is 23.0 Å². The highest BCUT2D eigenvalue weighted by atomic mass is 32.1. The van der Waals surface area contributed by atoms with Crippen LogP contribution in [-0.4, -0.2) is 15.9 Å². The molecule has 1 aromatic heterocycles. The summed E-state index contributed by atoms with van der Waals surface area (Å²) >= 11 is 5.03. The van der Waals surface area contributed by atoms with Crippen molar-refractivity contribution >= 4 is 34.8 Å². The molecule has 1 unspecified atom stereocenters. The van der Waals surface area contributed by atoms with Crippen molar-refractivity contribution in [1.29, 1.82) is 0 Å².